The first-order valence-electron chi connectivity index (χ1n) is 9.29. The van der Waals surface area contributed by atoms with Crippen LogP contribution in [0.2, 0.25) is 0 Å². The number of carbonyl (C=O) groups is 2. The van der Waals surface area contributed by atoms with Crippen LogP contribution in [0.25, 0.3) is 0 Å². The second-order valence-electron chi connectivity index (χ2n) is 7.32. The van der Waals surface area contributed by atoms with Crippen molar-refractivity contribution < 1.29 is 14.3 Å². The molecular formula is C21H30N2O3. The highest BCUT2D eigenvalue weighted by Crippen LogP contribution is 2.23. The van der Waals surface area contributed by atoms with Crippen LogP contribution in [0.1, 0.15) is 50.9 Å². The Hall–Kier alpha value is -2.30. The molecule has 0 unspecified atom stereocenters. The third kappa shape index (κ3) is 4.87. The van der Waals surface area contributed by atoms with E-state index in [1.54, 1.807) is 32.2 Å². The van der Waals surface area contributed by atoms with E-state index < -0.39 is 6.04 Å². The molecule has 1 N–H and O–H groups in total. The van der Waals surface area contributed by atoms with Crippen LogP contribution >= 0.6 is 0 Å². The highest BCUT2D eigenvalue weighted by molar-refractivity contribution is 5.99. The minimum Gasteiger partial charge on any atom is -0.490 e. The largest absolute Gasteiger partial charge is 0.490 e. The highest BCUT2D eigenvalue weighted by Gasteiger charge is 2.27. The van der Waals surface area contributed by atoms with E-state index >= 15 is 0 Å². The standard InChI is InChI=1S/C21H30N2O3/c1-14(2)18-12-8-6-10-15(3)26-19-13-9-7-11-17(19)21(25)23(5)16(4)20(24)22-18/h6-9,11,13-16,18H,10,12H2,1-5H3,(H,22,24)/b8-6+/t15-,16+,18-/m1/s1. The fraction of sp³-hybridized carbons (Fsp3) is 0.524. The van der Waals surface area contributed by atoms with Gasteiger partial charge in [0.1, 0.15) is 11.8 Å². The van der Waals surface area contributed by atoms with Gasteiger partial charge >= 0.3 is 0 Å². The normalized spacial score (nSPS) is 26.5. The van der Waals surface area contributed by atoms with Crippen molar-refractivity contribution in [2.75, 3.05) is 7.05 Å². The van der Waals surface area contributed by atoms with Crippen LogP contribution in [0.5, 0.6) is 5.75 Å². The quantitative estimate of drug-likeness (QED) is 0.783. The van der Waals surface area contributed by atoms with E-state index in [1.807, 2.05) is 13.0 Å². The Morgan fingerprint density at radius 3 is 2.46 bits per heavy atom. The Labute approximate surface area is 156 Å². The van der Waals surface area contributed by atoms with Gasteiger partial charge in [-0.1, -0.05) is 38.1 Å². The number of rotatable bonds is 1. The lowest BCUT2D eigenvalue weighted by molar-refractivity contribution is -0.125. The summed E-state index contributed by atoms with van der Waals surface area (Å²) in [6.45, 7) is 7.91. The summed E-state index contributed by atoms with van der Waals surface area (Å²) in [4.78, 5) is 27.1. The minimum atomic E-state index is -0.568. The lowest BCUT2D eigenvalue weighted by Crippen LogP contribution is -2.50. The molecule has 5 nitrogen and oxygen atoms in total. The number of nitrogens with zero attached hydrogens (tertiary/aromatic N) is 1. The average Bonchev–Trinajstić information content (AvgIpc) is 2.61. The Morgan fingerprint density at radius 1 is 1.12 bits per heavy atom. The number of para-hydroxylation sites is 1. The maximum Gasteiger partial charge on any atom is 0.258 e. The zero-order valence-electron chi connectivity index (χ0n) is 16.4. The zero-order valence-corrected chi connectivity index (χ0v) is 16.4. The van der Waals surface area contributed by atoms with Crippen molar-refractivity contribution in [3.63, 3.8) is 0 Å². The number of likely N-dealkylation sites (N-methyl/N-ethyl adjacent to an activating group) is 1. The number of nitrogens with one attached hydrogen (secondary N) is 1. The number of ether oxygens (including phenoxy) is 1. The summed E-state index contributed by atoms with van der Waals surface area (Å²) in [6, 6.07) is 6.66. The maximum absolute atomic E-state index is 12.9. The van der Waals surface area contributed by atoms with E-state index in [1.165, 1.54) is 4.90 Å². The monoisotopic (exact) mass is 358 g/mol. The predicted molar refractivity (Wildman–Crippen MR) is 103 cm³/mol. The first-order chi connectivity index (χ1) is 12.3. The first-order valence-corrected chi connectivity index (χ1v) is 9.29. The summed E-state index contributed by atoms with van der Waals surface area (Å²) in [7, 11) is 1.66. The summed E-state index contributed by atoms with van der Waals surface area (Å²) >= 11 is 0. The van der Waals surface area contributed by atoms with Crippen molar-refractivity contribution >= 4 is 11.8 Å². The molecular weight excluding hydrogens is 328 g/mol. The van der Waals surface area contributed by atoms with Crippen LogP contribution in [0.15, 0.2) is 36.4 Å². The van der Waals surface area contributed by atoms with Crippen molar-refractivity contribution in [3.05, 3.63) is 42.0 Å². The smallest absolute Gasteiger partial charge is 0.258 e. The number of benzene rings is 1. The molecule has 3 atom stereocenters. The fourth-order valence-electron chi connectivity index (χ4n) is 2.88. The molecule has 1 aromatic carbocycles. The van der Waals surface area contributed by atoms with E-state index in [4.69, 9.17) is 4.74 Å². The molecule has 0 aliphatic carbocycles. The van der Waals surface area contributed by atoms with E-state index in [2.05, 4.69) is 31.3 Å². The van der Waals surface area contributed by atoms with Crippen LogP contribution in [0, 0.1) is 5.92 Å². The van der Waals surface area contributed by atoms with Crippen LogP contribution in [-0.4, -0.2) is 41.9 Å². The Kier molecular flexibility index (Phi) is 6.83. The molecule has 0 aromatic heterocycles. The van der Waals surface area contributed by atoms with Gasteiger partial charge < -0.3 is 15.0 Å². The molecule has 0 bridgehead atoms. The molecule has 26 heavy (non-hydrogen) atoms. The summed E-state index contributed by atoms with van der Waals surface area (Å²) < 4.78 is 6.00. The Balaban J connectivity index is 2.36. The van der Waals surface area contributed by atoms with Gasteiger partial charge in [-0.05, 0) is 38.3 Å². The molecule has 0 spiro atoms. The molecule has 0 radical (unpaired) electrons. The van der Waals surface area contributed by atoms with Crippen molar-refractivity contribution in [2.24, 2.45) is 5.92 Å². The maximum atomic E-state index is 12.9. The molecule has 1 aliphatic heterocycles. The summed E-state index contributed by atoms with van der Waals surface area (Å²) in [5.41, 5.74) is 0.475. The lowest BCUT2D eigenvalue weighted by Gasteiger charge is -2.29. The van der Waals surface area contributed by atoms with Gasteiger partial charge in [0, 0.05) is 19.5 Å². The molecule has 1 aromatic rings. The van der Waals surface area contributed by atoms with Crippen LogP contribution in [0.3, 0.4) is 0 Å². The van der Waals surface area contributed by atoms with Crippen LogP contribution < -0.4 is 10.1 Å². The third-order valence-corrected chi connectivity index (χ3v) is 4.88. The van der Waals surface area contributed by atoms with Crippen molar-refractivity contribution in [2.45, 2.75) is 58.7 Å². The van der Waals surface area contributed by atoms with Gasteiger partial charge in [0.15, 0.2) is 0 Å². The molecule has 0 saturated carbocycles. The third-order valence-electron chi connectivity index (χ3n) is 4.88. The molecule has 1 aliphatic rings. The number of amides is 2. The van der Waals surface area contributed by atoms with E-state index in [9.17, 15) is 9.59 Å². The van der Waals surface area contributed by atoms with Gasteiger partial charge in [-0.25, -0.2) is 0 Å². The molecule has 2 rings (SSSR count). The highest BCUT2D eigenvalue weighted by atomic mass is 16.5. The molecule has 0 fully saturated rings. The van der Waals surface area contributed by atoms with E-state index in [-0.39, 0.29) is 24.0 Å². The minimum absolute atomic E-state index is 0.0381. The Morgan fingerprint density at radius 2 is 1.77 bits per heavy atom. The number of hydrogen-bond acceptors (Lipinski definition) is 3. The summed E-state index contributed by atoms with van der Waals surface area (Å²) in [5, 5.41) is 3.09. The molecule has 5 heteroatoms. The first kappa shape index (κ1) is 20.0. The van der Waals surface area contributed by atoms with Gasteiger partial charge in [-0.15, -0.1) is 0 Å². The van der Waals surface area contributed by atoms with Gasteiger partial charge in [0.05, 0.1) is 11.7 Å². The second-order valence-corrected chi connectivity index (χ2v) is 7.32. The summed E-state index contributed by atoms with van der Waals surface area (Å²) in [5.74, 6) is 0.495. The van der Waals surface area contributed by atoms with Crippen LogP contribution in [-0.2, 0) is 4.79 Å². The van der Waals surface area contributed by atoms with E-state index in [0.717, 1.165) is 12.8 Å². The number of hydrogen-bond donors (Lipinski definition) is 1. The van der Waals surface area contributed by atoms with Gasteiger partial charge in [0.2, 0.25) is 5.91 Å². The number of fused-ring (bicyclic) bond motifs is 1. The van der Waals surface area contributed by atoms with Crippen molar-refractivity contribution in [1.29, 1.82) is 0 Å². The molecule has 142 valence electrons. The fourth-order valence-corrected chi connectivity index (χ4v) is 2.88. The zero-order chi connectivity index (χ0) is 19.3. The molecule has 0 saturated heterocycles. The average molecular weight is 358 g/mol. The molecule has 2 amide bonds. The van der Waals surface area contributed by atoms with E-state index in [0.29, 0.717) is 17.2 Å². The predicted octanol–water partition coefficient (Wildman–Crippen LogP) is 3.41. The van der Waals surface area contributed by atoms with Gasteiger partial charge in [0.25, 0.3) is 5.91 Å². The second kappa shape index (κ2) is 8.88. The lowest BCUT2D eigenvalue weighted by atomic mass is 9.99. The van der Waals surface area contributed by atoms with Gasteiger partial charge in [-0.3, -0.25) is 9.59 Å². The number of carbonyl (C=O) groups excluding carboxylic acids is 2. The van der Waals surface area contributed by atoms with Crippen LogP contribution in [0.4, 0.5) is 0 Å². The van der Waals surface area contributed by atoms with Crippen molar-refractivity contribution in [3.8, 4) is 5.75 Å². The van der Waals surface area contributed by atoms with Gasteiger partial charge in [-0.2, -0.15) is 0 Å². The molecule has 1 heterocycles. The van der Waals surface area contributed by atoms with Crippen molar-refractivity contribution in [1.82, 2.24) is 10.2 Å². The summed E-state index contributed by atoms with van der Waals surface area (Å²) in [6.07, 6.45) is 5.64. The SMILES string of the molecule is CC(C)[C@H]1C/C=C/C[C@@H](C)Oc2ccccc2C(=O)N(C)[C@@H](C)C(=O)N1. The topological polar surface area (TPSA) is 58.6 Å². The Bertz CT molecular complexity index is 669.